The van der Waals surface area contributed by atoms with E-state index in [2.05, 4.69) is 12.1 Å². The van der Waals surface area contributed by atoms with Gasteiger partial charge in [0.15, 0.2) is 0 Å². The highest BCUT2D eigenvalue weighted by Crippen LogP contribution is 2.26. The van der Waals surface area contributed by atoms with Crippen LogP contribution < -0.4 is 4.74 Å². The van der Waals surface area contributed by atoms with Crippen LogP contribution in [0.15, 0.2) is 29.2 Å². The SMILES string of the molecule is CSc1ccccc1OCCCCC#N. The number of nitrogens with zero attached hydrogens (tertiary/aromatic N) is 1. The Morgan fingerprint density at radius 2 is 2.13 bits per heavy atom. The number of hydrogen-bond donors (Lipinski definition) is 0. The lowest BCUT2D eigenvalue weighted by Gasteiger charge is -2.08. The number of nitriles is 1. The van der Waals surface area contributed by atoms with Gasteiger partial charge in [-0.3, -0.25) is 0 Å². The molecule has 0 N–H and O–H groups in total. The first-order valence-electron chi connectivity index (χ1n) is 5.01. The minimum atomic E-state index is 0.619. The molecule has 80 valence electrons. The maximum Gasteiger partial charge on any atom is 0.132 e. The predicted octanol–water partition coefficient (Wildman–Crippen LogP) is 3.48. The van der Waals surface area contributed by atoms with Crippen LogP contribution in [0.3, 0.4) is 0 Å². The van der Waals surface area contributed by atoms with Crippen molar-refractivity contribution < 1.29 is 4.74 Å². The van der Waals surface area contributed by atoms with Crippen LogP contribution in [0.2, 0.25) is 0 Å². The third-order valence-corrected chi connectivity index (χ3v) is 2.79. The molecule has 15 heavy (non-hydrogen) atoms. The Kier molecular flexibility index (Phi) is 5.72. The minimum absolute atomic E-state index is 0.619. The molecule has 0 saturated carbocycles. The van der Waals surface area contributed by atoms with Crippen LogP contribution in [-0.4, -0.2) is 12.9 Å². The van der Waals surface area contributed by atoms with E-state index in [0.29, 0.717) is 13.0 Å². The molecule has 0 spiro atoms. The van der Waals surface area contributed by atoms with Crippen molar-refractivity contribution >= 4 is 11.8 Å². The van der Waals surface area contributed by atoms with Gasteiger partial charge in [0.1, 0.15) is 5.75 Å². The minimum Gasteiger partial charge on any atom is -0.492 e. The van der Waals surface area contributed by atoms with E-state index in [1.54, 1.807) is 11.8 Å². The summed E-state index contributed by atoms with van der Waals surface area (Å²) >= 11 is 1.69. The summed E-state index contributed by atoms with van der Waals surface area (Å²) in [7, 11) is 0. The molecule has 0 saturated heterocycles. The first-order valence-corrected chi connectivity index (χ1v) is 6.23. The van der Waals surface area contributed by atoms with Crippen molar-refractivity contribution in [3.8, 4) is 11.8 Å². The summed E-state index contributed by atoms with van der Waals surface area (Å²) in [4.78, 5) is 1.16. The monoisotopic (exact) mass is 221 g/mol. The predicted molar refractivity (Wildman–Crippen MR) is 63.2 cm³/mol. The van der Waals surface area contributed by atoms with Crippen molar-refractivity contribution in [1.29, 1.82) is 5.26 Å². The van der Waals surface area contributed by atoms with Crippen LogP contribution in [0.25, 0.3) is 0 Å². The highest BCUT2D eigenvalue weighted by atomic mass is 32.2. The first-order chi connectivity index (χ1) is 7.38. The van der Waals surface area contributed by atoms with Crippen molar-refractivity contribution in [2.75, 3.05) is 12.9 Å². The van der Waals surface area contributed by atoms with Gasteiger partial charge in [-0.25, -0.2) is 0 Å². The Labute approximate surface area is 95.3 Å². The first kappa shape index (κ1) is 11.9. The molecule has 1 rings (SSSR count). The molecule has 0 heterocycles. The third-order valence-electron chi connectivity index (χ3n) is 2.01. The average molecular weight is 221 g/mol. The second-order valence-corrected chi connectivity index (χ2v) is 3.96. The van der Waals surface area contributed by atoms with Crippen LogP contribution in [0.5, 0.6) is 5.75 Å². The third kappa shape index (κ3) is 4.26. The molecule has 1 aromatic carbocycles. The molecule has 0 aliphatic heterocycles. The zero-order valence-electron chi connectivity index (χ0n) is 8.90. The summed E-state index contributed by atoms with van der Waals surface area (Å²) in [5.41, 5.74) is 0. The van der Waals surface area contributed by atoms with Crippen LogP contribution in [0.1, 0.15) is 19.3 Å². The molecule has 0 aliphatic carbocycles. The van der Waals surface area contributed by atoms with Crippen molar-refractivity contribution in [2.45, 2.75) is 24.2 Å². The van der Waals surface area contributed by atoms with E-state index in [4.69, 9.17) is 10.00 Å². The number of benzene rings is 1. The van der Waals surface area contributed by atoms with Crippen molar-refractivity contribution in [3.05, 3.63) is 24.3 Å². The molecule has 0 fully saturated rings. The molecule has 0 aromatic heterocycles. The number of rotatable bonds is 6. The number of thioether (sulfide) groups is 1. The number of para-hydroxylation sites is 1. The average Bonchev–Trinajstić information content (AvgIpc) is 2.29. The fourth-order valence-electron chi connectivity index (χ4n) is 1.23. The summed E-state index contributed by atoms with van der Waals surface area (Å²) in [6, 6.07) is 10.1. The summed E-state index contributed by atoms with van der Waals surface area (Å²) in [5, 5.41) is 8.37. The maximum absolute atomic E-state index is 8.37. The van der Waals surface area contributed by atoms with Gasteiger partial charge >= 0.3 is 0 Å². The molecule has 1 aromatic rings. The van der Waals surface area contributed by atoms with E-state index in [9.17, 15) is 0 Å². The van der Waals surface area contributed by atoms with Crippen LogP contribution in [0.4, 0.5) is 0 Å². The van der Waals surface area contributed by atoms with Gasteiger partial charge in [-0.1, -0.05) is 12.1 Å². The Hall–Kier alpha value is -1.14. The van der Waals surface area contributed by atoms with Crippen LogP contribution in [0, 0.1) is 11.3 Å². The van der Waals surface area contributed by atoms with Crippen LogP contribution >= 0.6 is 11.8 Å². The van der Waals surface area contributed by atoms with E-state index >= 15 is 0 Å². The molecular formula is C12H15NOS. The van der Waals surface area contributed by atoms with Gasteiger partial charge in [0.25, 0.3) is 0 Å². The fraction of sp³-hybridized carbons (Fsp3) is 0.417. The number of ether oxygens (including phenoxy) is 1. The molecule has 0 unspecified atom stereocenters. The highest BCUT2D eigenvalue weighted by molar-refractivity contribution is 7.98. The van der Waals surface area contributed by atoms with Gasteiger partial charge in [-0.2, -0.15) is 5.26 Å². The van der Waals surface area contributed by atoms with E-state index < -0.39 is 0 Å². The number of hydrogen-bond acceptors (Lipinski definition) is 3. The van der Waals surface area contributed by atoms with Gasteiger partial charge in [0, 0.05) is 11.3 Å². The molecule has 3 heteroatoms. The lowest BCUT2D eigenvalue weighted by atomic mass is 10.2. The molecule has 0 radical (unpaired) electrons. The lowest BCUT2D eigenvalue weighted by Crippen LogP contribution is -1.97. The Morgan fingerprint density at radius 3 is 2.87 bits per heavy atom. The Morgan fingerprint density at radius 1 is 1.33 bits per heavy atom. The van der Waals surface area contributed by atoms with Crippen molar-refractivity contribution in [1.82, 2.24) is 0 Å². The molecule has 0 bridgehead atoms. The molecule has 0 aliphatic rings. The second kappa shape index (κ2) is 7.19. The Balaban J connectivity index is 2.34. The van der Waals surface area contributed by atoms with Crippen molar-refractivity contribution in [2.24, 2.45) is 0 Å². The van der Waals surface area contributed by atoms with Gasteiger partial charge < -0.3 is 4.74 Å². The number of unbranched alkanes of at least 4 members (excludes halogenated alkanes) is 2. The second-order valence-electron chi connectivity index (χ2n) is 3.11. The normalized spacial score (nSPS) is 9.60. The molecule has 0 amide bonds. The van der Waals surface area contributed by atoms with E-state index in [0.717, 1.165) is 23.5 Å². The standard InChI is InChI=1S/C12H15NOS/c1-15-12-8-4-3-7-11(12)14-10-6-2-5-9-13/h3-4,7-8H,2,5-6,10H2,1H3. The molecule has 2 nitrogen and oxygen atoms in total. The van der Waals surface area contributed by atoms with E-state index in [1.807, 2.05) is 24.5 Å². The molecular weight excluding hydrogens is 206 g/mol. The topological polar surface area (TPSA) is 33.0 Å². The van der Waals surface area contributed by atoms with Gasteiger partial charge in [0.2, 0.25) is 0 Å². The molecule has 0 atom stereocenters. The largest absolute Gasteiger partial charge is 0.492 e. The summed E-state index contributed by atoms with van der Waals surface area (Å²) in [6.45, 7) is 0.694. The maximum atomic E-state index is 8.37. The Bertz CT molecular complexity index is 333. The lowest BCUT2D eigenvalue weighted by molar-refractivity contribution is 0.301. The van der Waals surface area contributed by atoms with Crippen LogP contribution in [-0.2, 0) is 0 Å². The van der Waals surface area contributed by atoms with Gasteiger partial charge in [-0.05, 0) is 31.2 Å². The summed E-state index contributed by atoms with van der Waals surface area (Å²) in [5.74, 6) is 0.946. The smallest absolute Gasteiger partial charge is 0.132 e. The summed E-state index contributed by atoms with van der Waals surface area (Å²) < 4.78 is 5.64. The van der Waals surface area contributed by atoms with E-state index in [1.165, 1.54) is 0 Å². The highest BCUT2D eigenvalue weighted by Gasteiger charge is 2.00. The van der Waals surface area contributed by atoms with Gasteiger partial charge in [-0.15, -0.1) is 11.8 Å². The van der Waals surface area contributed by atoms with Gasteiger partial charge in [0.05, 0.1) is 12.7 Å². The van der Waals surface area contributed by atoms with E-state index in [-0.39, 0.29) is 0 Å². The quantitative estimate of drug-likeness (QED) is 0.544. The zero-order chi connectivity index (χ0) is 10.9. The zero-order valence-corrected chi connectivity index (χ0v) is 9.72. The fourth-order valence-corrected chi connectivity index (χ4v) is 1.77. The van der Waals surface area contributed by atoms with Crippen molar-refractivity contribution in [3.63, 3.8) is 0 Å². The summed E-state index contributed by atoms with van der Waals surface area (Å²) in [6.07, 6.45) is 4.51.